The lowest BCUT2D eigenvalue weighted by Crippen LogP contribution is -2.20. The highest BCUT2D eigenvalue weighted by atomic mass is 35.5. The van der Waals surface area contributed by atoms with E-state index in [1.807, 2.05) is 0 Å². The topological polar surface area (TPSA) is 127 Å². The molecule has 0 saturated heterocycles. The first-order chi connectivity index (χ1) is 14.4. The summed E-state index contributed by atoms with van der Waals surface area (Å²) >= 11 is 5.79. The van der Waals surface area contributed by atoms with Crippen molar-refractivity contribution in [2.45, 2.75) is 0 Å². The summed E-state index contributed by atoms with van der Waals surface area (Å²) in [6, 6.07) is 13.8. The van der Waals surface area contributed by atoms with Crippen LogP contribution in [0.4, 0.5) is 11.5 Å². The van der Waals surface area contributed by atoms with Gasteiger partial charge in [0.25, 0.3) is 11.8 Å². The van der Waals surface area contributed by atoms with E-state index in [0.717, 1.165) is 0 Å². The number of nitrogens with one attached hydrogen (secondary N) is 4. The van der Waals surface area contributed by atoms with Gasteiger partial charge in [0.05, 0.1) is 16.3 Å². The van der Waals surface area contributed by atoms with Crippen molar-refractivity contribution < 1.29 is 14.7 Å². The molecule has 3 aromatic rings. The number of benzene rings is 2. The molecule has 0 fully saturated rings. The van der Waals surface area contributed by atoms with Crippen molar-refractivity contribution in [3.63, 3.8) is 0 Å². The fourth-order valence-corrected chi connectivity index (χ4v) is 2.72. The monoisotopic (exact) mass is 423 g/mol. The maximum absolute atomic E-state index is 12.7. The van der Waals surface area contributed by atoms with Gasteiger partial charge < -0.3 is 21.1 Å². The lowest BCUT2D eigenvalue weighted by molar-refractivity contribution is 0.102. The van der Waals surface area contributed by atoms with Gasteiger partial charge in [-0.05, 0) is 36.4 Å². The van der Waals surface area contributed by atoms with Crippen molar-refractivity contribution in [1.29, 1.82) is 5.41 Å². The van der Waals surface area contributed by atoms with Crippen molar-refractivity contribution in [2.24, 2.45) is 0 Å². The van der Waals surface area contributed by atoms with E-state index in [2.05, 4.69) is 20.9 Å². The van der Waals surface area contributed by atoms with Gasteiger partial charge >= 0.3 is 0 Å². The van der Waals surface area contributed by atoms with Gasteiger partial charge in [0.1, 0.15) is 17.4 Å². The number of aromatic nitrogens is 1. The summed E-state index contributed by atoms with van der Waals surface area (Å²) in [5.74, 6) is -0.842. The Morgan fingerprint density at radius 3 is 2.30 bits per heavy atom. The number of hydrogen-bond donors (Lipinski definition) is 5. The predicted molar refractivity (Wildman–Crippen MR) is 116 cm³/mol. The lowest BCUT2D eigenvalue weighted by Gasteiger charge is -2.13. The van der Waals surface area contributed by atoms with Crippen LogP contribution >= 0.6 is 11.6 Å². The Morgan fingerprint density at radius 1 is 0.967 bits per heavy atom. The molecule has 0 atom stereocenters. The van der Waals surface area contributed by atoms with Gasteiger partial charge in [0.2, 0.25) is 0 Å². The molecule has 0 aliphatic carbocycles. The van der Waals surface area contributed by atoms with E-state index in [0.29, 0.717) is 16.1 Å². The quantitative estimate of drug-likeness (QED) is 0.244. The number of pyridine rings is 1. The van der Waals surface area contributed by atoms with Gasteiger partial charge in [0.15, 0.2) is 0 Å². The van der Waals surface area contributed by atoms with Gasteiger partial charge in [-0.3, -0.25) is 15.0 Å². The minimum Gasteiger partial charge on any atom is -0.506 e. The van der Waals surface area contributed by atoms with Gasteiger partial charge in [0, 0.05) is 24.4 Å². The number of carbonyl (C=O) groups is 2. The van der Waals surface area contributed by atoms with Gasteiger partial charge in [-0.2, -0.15) is 0 Å². The summed E-state index contributed by atoms with van der Waals surface area (Å²) in [6.45, 7) is 0. The normalized spacial score (nSPS) is 10.2. The lowest BCUT2D eigenvalue weighted by atomic mass is 10.1. The zero-order valence-electron chi connectivity index (χ0n) is 15.9. The number of halogens is 1. The molecule has 0 saturated carbocycles. The molecule has 30 heavy (non-hydrogen) atoms. The molecule has 0 aliphatic heterocycles. The van der Waals surface area contributed by atoms with Crippen molar-refractivity contribution in [3.8, 4) is 5.75 Å². The van der Waals surface area contributed by atoms with Crippen LogP contribution in [0.1, 0.15) is 26.3 Å². The predicted octanol–water partition coefficient (Wildman–Crippen LogP) is 3.49. The number of aromatic hydroxyl groups is 1. The Bertz CT molecular complexity index is 1100. The van der Waals surface area contributed by atoms with Crippen LogP contribution in [-0.4, -0.2) is 34.8 Å². The van der Waals surface area contributed by atoms with Crippen LogP contribution in [0.15, 0.2) is 60.8 Å². The summed E-state index contributed by atoms with van der Waals surface area (Å²) < 4.78 is 0. The average Bonchev–Trinajstić information content (AvgIpc) is 2.76. The van der Waals surface area contributed by atoms with Crippen LogP contribution in [0, 0.1) is 5.41 Å². The number of amidine groups is 1. The zero-order valence-corrected chi connectivity index (χ0v) is 16.6. The minimum absolute atomic E-state index is 0.0268. The number of para-hydroxylation sites is 1. The van der Waals surface area contributed by atoms with Gasteiger partial charge in [-0.15, -0.1) is 0 Å². The standard InChI is InChI=1S/C21H18ClN5O3/c1-24-19(23)12-5-7-13(8-6-12)20(29)27-18-15(3-2-4-16(18)28)21(30)26-17-10-9-14(22)11-25-17/h2-11,28H,1H3,(H2,23,24)(H,27,29)(H,25,26,30). The molecule has 0 radical (unpaired) electrons. The third-order valence-corrected chi connectivity index (χ3v) is 4.40. The van der Waals surface area contributed by atoms with E-state index in [1.54, 1.807) is 37.4 Å². The highest BCUT2D eigenvalue weighted by molar-refractivity contribution is 6.30. The molecule has 0 spiro atoms. The Hall–Kier alpha value is -3.91. The van der Waals surface area contributed by atoms with Crippen LogP contribution in [0.2, 0.25) is 5.02 Å². The molecule has 0 aliphatic rings. The smallest absolute Gasteiger partial charge is 0.259 e. The van der Waals surface area contributed by atoms with E-state index in [4.69, 9.17) is 17.0 Å². The Balaban J connectivity index is 1.82. The number of phenols is 1. The summed E-state index contributed by atoms with van der Waals surface area (Å²) in [5.41, 5.74) is 0.957. The molecule has 1 heterocycles. The van der Waals surface area contributed by atoms with Crippen molar-refractivity contribution in [2.75, 3.05) is 17.7 Å². The van der Waals surface area contributed by atoms with Gasteiger partial charge in [-0.1, -0.05) is 29.8 Å². The average molecular weight is 424 g/mol. The fraction of sp³-hybridized carbons (Fsp3) is 0.0476. The van der Waals surface area contributed by atoms with E-state index >= 15 is 0 Å². The third kappa shape index (κ3) is 4.73. The number of anilines is 2. The molecule has 0 bridgehead atoms. The molecule has 0 unspecified atom stereocenters. The van der Waals surface area contributed by atoms with E-state index < -0.39 is 11.8 Å². The first-order valence-electron chi connectivity index (χ1n) is 8.82. The van der Waals surface area contributed by atoms with Crippen molar-refractivity contribution in [1.82, 2.24) is 10.3 Å². The largest absolute Gasteiger partial charge is 0.506 e. The second-order valence-corrected chi connectivity index (χ2v) is 6.61. The molecule has 9 heteroatoms. The molecular weight excluding hydrogens is 406 g/mol. The SMILES string of the molecule is CNC(=N)c1ccc(C(=O)Nc2c(O)cccc2C(=O)Nc2ccc(Cl)cn2)cc1. The number of rotatable bonds is 5. The first kappa shape index (κ1) is 20.8. The molecule has 152 valence electrons. The van der Waals surface area contributed by atoms with Crippen molar-refractivity contribution in [3.05, 3.63) is 82.5 Å². The van der Waals surface area contributed by atoms with E-state index in [9.17, 15) is 14.7 Å². The van der Waals surface area contributed by atoms with E-state index in [1.165, 1.54) is 30.5 Å². The Labute approximate surface area is 177 Å². The van der Waals surface area contributed by atoms with Crippen LogP contribution in [0.25, 0.3) is 0 Å². The molecule has 8 nitrogen and oxygen atoms in total. The summed E-state index contributed by atoms with van der Waals surface area (Å²) in [6.07, 6.45) is 1.39. The maximum atomic E-state index is 12.7. The highest BCUT2D eigenvalue weighted by Crippen LogP contribution is 2.28. The second-order valence-electron chi connectivity index (χ2n) is 6.17. The van der Waals surface area contributed by atoms with Gasteiger partial charge in [-0.25, -0.2) is 4.98 Å². The number of nitrogens with zero attached hydrogens (tertiary/aromatic N) is 1. The molecule has 3 rings (SSSR count). The zero-order chi connectivity index (χ0) is 21.7. The van der Waals surface area contributed by atoms with E-state index in [-0.39, 0.29) is 28.7 Å². The maximum Gasteiger partial charge on any atom is 0.259 e. The summed E-state index contributed by atoms with van der Waals surface area (Å²) in [5, 5.41) is 26.3. The molecule has 2 aromatic carbocycles. The Morgan fingerprint density at radius 2 is 1.67 bits per heavy atom. The molecule has 5 N–H and O–H groups in total. The van der Waals surface area contributed by atoms with Crippen LogP contribution < -0.4 is 16.0 Å². The van der Waals surface area contributed by atoms with Crippen LogP contribution in [0.3, 0.4) is 0 Å². The number of amides is 2. The second kappa shape index (κ2) is 9.06. The Kier molecular flexibility index (Phi) is 6.29. The number of phenolic OH excluding ortho intramolecular Hbond substituents is 1. The summed E-state index contributed by atoms with van der Waals surface area (Å²) in [7, 11) is 1.63. The fourth-order valence-electron chi connectivity index (χ4n) is 2.61. The highest BCUT2D eigenvalue weighted by Gasteiger charge is 2.18. The summed E-state index contributed by atoms with van der Waals surface area (Å²) in [4.78, 5) is 29.3. The third-order valence-electron chi connectivity index (χ3n) is 4.18. The number of carbonyl (C=O) groups excluding carboxylic acids is 2. The molecule has 1 aromatic heterocycles. The van der Waals surface area contributed by atoms with Crippen molar-refractivity contribution >= 4 is 40.8 Å². The first-order valence-corrected chi connectivity index (χ1v) is 9.20. The minimum atomic E-state index is -0.561. The molecule has 2 amide bonds. The van der Waals surface area contributed by atoms with Crippen LogP contribution in [0.5, 0.6) is 5.75 Å². The number of hydrogen-bond acceptors (Lipinski definition) is 5. The van der Waals surface area contributed by atoms with Crippen LogP contribution in [-0.2, 0) is 0 Å². The molecular formula is C21H18ClN5O3.